The maximum absolute atomic E-state index is 13.9. The fourth-order valence-electron chi connectivity index (χ4n) is 4.01. The second kappa shape index (κ2) is 7.47. The SMILES string of the molecule is O=S(=O)(NCC1([NH+]2CCOCC2)CCCCC1)c1ccccc1F. The lowest BCUT2D eigenvalue weighted by atomic mass is 9.80. The van der Waals surface area contributed by atoms with E-state index in [1.807, 2.05) is 0 Å². The van der Waals surface area contributed by atoms with Gasteiger partial charge in [0.1, 0.15) is 29.3 Å². The fraction of sp³-hybridized carbons (Fsp3) is 0.647. The number of hydrogen-bond acceptors (Lipinski definition) is 3. The maximum Gasteiger partial charge on any atom is 0.243 e. The van der Waals surface area contributed by atoms with Crippen LogP contribution in [0.25, 0.3) is 0 Å². The van der Waals surface area contributed by atoms with E-state index in [0.717, 1.165) is 52.0 Å². The van der Waals surface area contributed by atoms with Crippen molar-refractivity contribution in [1.82, 2.24) is 4.72 Å². The molecule has 0 bridgehead atoms. The topological polar surface area (TPSA) is 59.8 Å². The summed E-state index contributed by atoms with van der Waals surface area (Å²) in [5.41, 5.74) is -0.0969. The third-order valence-corrected chi connectivity index (χ3v) is 6.82. The fourth-order valence-corrected chi connectivity index (χ4v) is 5.21. The lowest BCUT2D eigenvalue weighted by Gasteiger charge is -2.44. The van der Waals surface area contributed by atoms with Gasteiger partial charge in [-0.3, -0.25) is 0 Å². The smallest absolute Gasteiger partial charge is 0.243 e. The summed E-state index contributed by atoms with van der Waals surface area (Å²) < 4.78 is 47.1. The zero-order valence-corrected chi connectivity index (χ0v) is 14.7. The molecule has 0 amide bonds. The zero-order valence-electron chi connectivity index (χ0n) is 13.9. The van der Waals surface area contributed by atoms with Crippen LogP contribution in [-0.2, 0) is 14.8 Å². The molecule has 1 aromatic carbocycles. The van der Waals surface area contributed by atoms with Gasteiger partial charge in [0.15, 0.2) is 0 Å². The van der Waals surface area contributed by atoms with Crippen LogP contribution in [-0.4, -0.2) is 46.8 Å². The quantitative estimate of drug-likeness (QED) is 0.817. The summed E-state index contributed by atoms with van der Waals surface area (Å²) >= 11 is 0. The minimum atomic E-state index is -3.84. The van der Waals surface area contributed by atoms with Crippen molar-refractivity contribution < 1.29 is 22.4 Å². The molecule has 0 aromatic heterocycles. The second-order valence-corrected chi connectivity index (χ2v) is 8.55. The number of morpholine rings is 1. The number of nitrogens with one attached hydrogen (secondary N) is 2. The molecule has 1 heterocycles. The van der Waals surface area contributed by atoms with E-state index < -0.39 is 15.8 Å². The molecule has 5 nitrogen and oxygen atoms in total. The first-order valence-corrected chi connectivity index (χ1v) is 10.2. The Balaban J connectivity index is 1.77. The van der Waals surface area contributed by atoms with E-state index in [1.165, 1.54) is 29.5 Å². The zero-order chi connectivity index (χ0) is 17.0. The molecular weight excluding hydrogens is 331 g/mol. The van der Waals surface area contributed by atoms with E-state index in [1.54, 1.807) is 6.07 Å². The Hall–Kier alpha value is -1.02. The molecule has 7 heteroatoms. The molecule has 3 rings (SSSR count). The largest absolute Gasteiger partial charge is 0.370 e. The van der Waals surface area contributed by atoms with Crippen molar-refractivity contribution in [1.29, 1.82) is 0 Å². The van der Waals surface area contributed by atoms with Gasteiger partial charge in [-0.1, -0.05) is 18.6 Å². The molecule has 2 fully saturated rings. The third kappa shape index (κ3) is 3.79. The number of benzene rings is 1. The van der Waals surface area contributed by atoms with Crippen molar-refractivity contribution in [3.8, 4) is 0 Å². The number of sulfonamides is 1. The predicted molar refractivity (Wildman–Crippen MR) is 88.9 cm³/mol. The van der Waals surface area contributed by atoms with Crippen molar-refractivity contribution in [2.45, 2.75) is 42.5 Å². The first kappa shape index (κ1) is 17.8. The highest BCUT2D eigenvalue weighted by Crippen LogP contribution is 2.26. The first-order valence-electron chi connectivity index (χ1n) is 8.71. The van der Waals surface area contributed by atoms with Gasteiger partial charge in [-0.15, -0.1) is 0 Å². The molecule has 2 aliphatic rings. The monoisotopic (exact) mass is 357 g/mol. The third-order valence-electron chi connectivity index (χ3n) is 5.38. The van der Waals surface area contributed by atoms with Gasteiger partial charge in [0.2, 0.25) is 10.0 Å². The van der Waals surface area contributed by atoms with E-state index in [2.05, 4.69) is 4.72 Å². The van der Waals surface area contributed by atoms with Gasteiger partial charge in [0.05, 0.1) is 19.8 Å². The van der Waals surface area contributed by atoms with E-state index in [0.29, 0.717) is 6.54 Å². The molecule has 134 valence electrons. The Kier molecular flexibility index (Phi) is 5.54. The van der Waals surface area contributed by atoms with Gasteiger partial charge in [-0.2, -0.15) is 0 Å². The summed E-state index contributed by atoms with van der Waals surface area (Å²) in [6.07, 6.45) is 5.44. The molecule has 0 atom stereocenters. The molecule has 1 aliphatic carbocycles. The average molecular weight is 357 g/mol. The first-order chi connectivity index (χ1) is 11.5. The number of ether oxygens (including phenoxy) is 1. The van der Waals surface area contributed by atoms with Gasteiger partial charge in [0, 0.05) is 12.8 Å². The van der Waals surface area contributed by atoms with E-state index in [9.17, 15) is 12.8 Å². The summed E-state index contributed by atoms with van der Waals surface area (Å²) in [7, 11) is -3.84. The molecule has 1 saturated heterocycles. The lowest BCUT2D eigenvalue weighted by Crippen LogP contribution is -3.23. The maximum atomic E-state index is 13.9. The van der Waals surface area contributed by atoms with Crippen LogP contribution in [0.1, 0.15) is 32.1 Å². The summed E-state index contributed by atoms with van der Waals surface area (Å²) in [5.74, 6) is -0.707. The van der Waals surface area contributed by atoms with Gasteiger partial charge in [-0.25, -0.2) is 17.5 Å². The van der Waals surface area contributed by atoms with Crippen molar-refractivity contribution in [2.75, 3.05) is 32.8 Å². The predicted octanol–water partition coefficient (Wildman–Crippen LogP) is 0.722. The molecule has 1 aliphatic heterocycles. The summed E-state index contributed by atoms with van der Waals surface area (Å²) in [5, 5.41) is 0. The molecule has 0 radical (unpaired) electrons. The highest BCUT2D eigenvalue weighted by molar-refractivity contribution is 7.89. The van der Waals surface area contributed by atoms with Crippen molar-refractivity contribution in [3.05, 3.63) is 30.1 Å². The van der Waals surface area contributed by atoms with E-state index in [-0.39, 0.29) is 10.4 Å². The molecule has 0 unspecified atom stereocenters. The Bertz CT molecular complexity index is 654. The van der Waals surface area contributed by atoms with Crippen LogP contribution in [0.5, 0.6) is 0 Å². The van der Waals surface area contributed by atoms with Crippen LogP contribution in [0.15, 0.2) is 29.2 Å². The van der Waals surface area contributed by atoms with Gasteiger partial charge >= 0.3 is 0 Å². The molecule has 1 aromatic rings. The van der Waals surface area contributed by atoms with E-state index in [4.69, 9.17) is 4.74 Å². The van der Waals surface area contributed by atoms with Crippen LogP contribution in [0.4, 0.5) is 4.39 Å². The van der Waals surface area contributed by atoms with Gasteiger partial charge in [0.25, 0.3) is 0 Å². The van der Waals surface area contributed by atoms with Gasteiger partial charge < -0.3 is 9.64 Å². The average Bonchev–Trinajstić information content (AvgIpc) is 2.62. The standard InChI is InChI=1S/C17H25FN2O3S/c18-15-6-2-3-7-16(15)24(21,22)19-14-17(8-4-1-5-9-17)20-10-12-23-13-11-20/h2-3,6-7,19H,1,4-5,8-14H2/p+1. The van der Waals surface area contributed by atoms with Gasteiger partial charge in [-0.05, 0) is 25.0 Å². The van der Waals surface area contributed by atoms with Crippen molar-refractivity contribution in [3.63, 3.8) is 0 Å². The van der Waals surface area contributed by atoms with Crippen LogP contribution in [0.3, 0.4) is 0 Å². The van der Waals surface area contributed by atoms with Crippen LogP contribution in [0.2, 0.25) is 0 Å². The number of rotatable bonds is 5. The molecular formula is C17H26FN2O3S+. The van der Waals surface area contributed by atoms with Crippen molar-refractivity contribution >= 4 is 10.0 Å². The Morgan fingerprint density at radius 1 is 1.12 bits per heavy atom. The minimum Gasteiger partial charge on any atom is -0.370 e. The summed E-state index contributed by atoms with van der Waals surface area (Å²) in [6.45, 7) is 3.61. The van der Waals surface area contributed by atoms with Crippen molar-refractivity contribution in [2.24, 2.45) is 0 Å². The molecule has 2 N–H and O–H groups in total. The Morgan fingerprint density at radius 2 is 1.79 bits per heavy atom. The second-order valence-electron chi connectivity index (χ2n) is 6.81. The van der Waals surface area contributed by atoms with Crippen LogP contribution >= 0.6 is 0 Å². The molecule has 1 saturated carbocycles. The number of hydrogen-bond donors (Lipinski definition) is 2. The molecule has 24 heavy (non-hydrogen) atoms. The minimum absolute atomic E-state index is 0.0969. The summed E-state index contributed by atoms with van der Waals surface area (Å²) in [4.78, 5) is 1.15. The lowest BCUT2D eigenvalue weighted by molar-refractivity contribution is -0.960. The Morgan fingerprint density at radius 3 is 2.46 bits per heavy atom. The molecule has 0 spiro atoms. The highest BCUT2D eigenvalue weighted by Gasteiger charge is 2.43. The number of quaternary nitrogens is 1. The van der Waals surface area contributed by atoms with E-state index >= 15 is 0 Å². The van der Waals surface area contributed by atoms with Crippen LogP contribution in [0, 0.1) is 5.82 Å². The number of halogens is 1. The summed E-state index contributed by atoms with van der Waals surface area (Å²) in [6, 6.07) is 5.53. The normalized spacial score (nSPS) is 22.4. The highest BCUT2D eigenvalue weighted by atomic mass is 32.2. The van der Waals surface area contributed by atoms with Crippen LogP contribution < -0.4 is 9.62 Å². The Labute approximate surface area is 143 Å².